The molecule has 0 amide bonds. The fourth-order valence-electron chi connectivity index (χ4n) is 4.81. The van der Waals surface area contributed by atoms with Crippen LogP contribution < -0.4 is 0 Å². The Hall–Kier alpha value is -2.25. The summed E-state index contributed by atoms with van der Waals surface area (Å²) in [6, 6.07) is 21.7. The van der Waals surface area contributed by atoms with Crippen molar-refractivity contribution in [3.05, 3.63) is 71.3 Å². The van der Waals surface area contributed by atoms with E-state index in [2.05, 4.69) is 73.3 Å². The molecule has 1 fully saturated rings. The molecule has 0 aliphatic heterocycles. The van der Waals surface area contributed by atoms with Crippen LogP contribution in [0.15, 0.2) is 54.6 Å². The van der Waals surface area contributed by atoms with Crippen LogP contribution in [0.4, 0.5) is 8.78 Å². The Morgan fingerprint density at radius 2 is 1.64 bits per heavy atom. The smallest absolute Gasteiger partial charge is 0.132 e. The predicted octanol–water partition coefficient (Wildman–Crippen LogP) is 7.78. The fourth-order valence-corrected chi connectivity index (χ4v) is 4.81. The zero-order valence-corrected chi connectivity index (χ0v) is 20.5. The number of halogens is 2. The van der Waals surface area contributed by atoms with Gasteiger partial charge in [0.1, 0.15) is 12.3 Å². The molecule has 4 unspecified atom stereocenters. The van der Waals surface area contributed by atoms with E-state index in [4.69, 9.17) is 5.26 Å². The van der Waals surface area contributed by atoms with Crippen LogP contribution in [-0.4, -0.2) is 29.8 Å². The maximum Gasteiger partial charge on any atom is 0.132 e. The molecular formula is C29H40F2N2. The molecule has 2 aromatic rings. The van der Waals surface area contributed by atoms with Gasteiger partial charge in [-0.1, -0.05) is 68.4 Å². The summed E-state index contributed by atoms with van der Waals surface area (Å²) in [5, 5.41) is 7.32. The third-order valence-electron chi connectivity index (χ3n) is 6.64. The van der Waals surface area contributed by atoms with Crippen LogP contribution in [0, 0.1) is 11.3 Å². The first-order valence-corrected chi connectivity index (χ1v) is 12.5. The van der Waals surface area contributed by atoms with Gasteiger partial charge in [0.2, 0.25) is 0 Å². The molecule has 0 N–H and O–H groups in total. The quantitative estimate of drug-likeness (QED) is 0.366. The molecule has 33 heavy (non-hydrogen) atoms. The van der Waals surface area contributed by atoms with E-state index in [1.165, 1.54) is 18.1 Å². The lowest BCUT2D eigenvalue weighted by Gasteiger charge is -2.31. The molecule has 0 aromatic heterocycles. The zero-order valence-electron chi connectivity index (χ0n) is 20.5. The summed E-state index contributed by atoms with van der Waals surface area (Å²) in [5.74, 6) is 0.162. The first-order valence-electron chi connectivity index (χ1n) is 12.5. The summed E-state index contributed by atoms with van der Waals surface area (Å²) in [7, 11) is 0. The third kappa shape index (κ3) is 8.89. The molecule has 4 atom stereocenters. The molecule has 180 valence electrons. The first-order chi connectivity index (χ1) is 16.0. The van der Waals surface area contributed by atoms with Gasteiger partial charge in [0, 0.05) is 19.5 Å². The number of benzene rings is 2. The third-order valence-corrected chi connectivity index (χ3v) is 6.64. The molecule has 1 aliphatic rings. The molecule has 0 saturated heterocycles. The second-order valence-corrected chi connectivity index (χ2v) is 9.06. The summed E-state index contributed by atoms with van der Waals surface area (Å²) in [4.78, 5) is 2.63. The average molecular weight is 455 g/mol. The van der Waals surface area contributed by atoms with Crippen molar-refractivity contribution in [1.29, 1.82) is 5.26 Å². The van der Waals surface area contributed by atoms with E-state index in [0.29, 0.717) is 18.9 Å². The lowest BCUT2D eigenvalue weighted by Crippen LogP contribution is -2.35. The molecular weight excluding hydrogens is 414 g/mol. The van der Waals surface area contributed by atoms with Crippen molar-refractivity contribution in [3.63, 3.8) is 0 Å². The predicted molar refractivity (Wildman–Crippen MR) is 134 cm³/mol. The van der Waals surface area contributed by atoms with Gasteiger partial charge < -0.3 is 0 Å². The summed E-state index contributed by atoms with van der Waals surface area (Å²) >= 11 is 0. The molecule has 1 aliphatic carbocycles. The normalized spacial score (nSPS) is 21.1. The maximum absolute atomic E-state index is 13.8. The van der Waals surface area contributed by atoms with Gasteiger partial charge in [0.15, 0.2) is 0 Å². The number of rotatable bonds is 10. The van der Waals surface area contributed by atoms with Gasteiger partial charge in [0.25, 0.3) is 0 Å². The zero-order chi connectivity index (χ0) is 24.1. The minimum atomic E-state index is -1.30. The Morgan fingerprint density at radius 1 is 0.970 bits per heavy atom. The highest BCUT2D eigenvalue weighted by molar-refractivity contribution is 5.26. The monoisotopic (exact) mass is 454 g/mol. The second-order valence-electron chi connectivity index (χ2n) is 9.06. The molecule has 0 radical (unpaired) electrons. The van der Waals surface area contributed by atoms with Crippen molar-refractivity contribution < 1.29 is 8.78 Å². The Kier molecular flexibility index (Phi) is 12.1. The second kappa shape index (κ2) is 14.8. The van der Waals surface area contributed by atoms with E-state index < -0.39 is 12.3 Å². The molecule has 0 bridgehead atoms. The highest BCUT2D eigenvalue weighted by atomic mass is 19.2. The highest BCUT2D eigenvalue weighted by Gasteiger charge is 2.31. The van der Waals surface area contributed by atoms with E-state index in [1.807, 2.05) is 0 Å². The molecule has 2 aromatic carbocycles. The fraction of sp³-hybridized carbons (Fsp3) is 0.552. The number of aryl methyl sites for hydroxylation is 1. The van der Waals surface area contributed by atoms with Crippen LogP contribution in [0.3, 0.4) is 0 Å². The van der Waals surface area contributed by atoms with Gasteiger partial charge in [-0.25, -0.2) is 8.78 Å². The summed E-state index contributed by atoms with van der Waals surface area (Å²) in [5.41, 5.74) is 3.88. The Balaban J connectivity index is 0.00000122. The number of nitrogens with zero attached hydrogens (tertiary/aromatic N) is 2. The van der Waals surface area contributed by atoms with Crippen LogP contribution in [0.5, 0.6) is 0 Å². The standard InChI is InChI=1S/C27H37F2N.C2H3N/c1-3-18-30(20-22-8-6-5-7-9-22)25(4-2)16-12-21-10-13-23(14-11-21)24-15-17-26(28)27(29)19-24;1-2-3/h5-11,13-14,24-27H,3-4,12,15-20H2,1-2H3;1H3. The Bertz CT molecular complexity index is 816. The highest BCUT2D eigenvalue weighted by Crippen LogP contribution is 2.36. The van der Waals surface area contributed by atoms with E-state index in [9.17, 15) is 8.78 Å². The van der Waals surface area contributed by atoms with Crippen molar-refractivity contribution in [1.82, 2.24) is 4.90 Å². The Labute approximate surface area is 199 Å². The van der Waals surface area contributed by atoms with Gasteiger partial charge in [-0.05, 0) is 74.1 Å². The van der Waals surface area contributed by atoms with Crippen molar-refractivity contribution >= 4 is 0 Å². The molecule has 0 heterocycles. The van der Waals surface area contributed by atoms with E-state index >= 15 is 0 Å². The van der Waals surface area contributed by atoms with Gasteiger partial charge in [-0.3, -0.25) is 4.90 Å². The SMILES string of the molecule is CC#N.CCCN(Cc1ccccc1)C(CC)CCc1ccc(C2CCC(F)C(F)C2)cc1. The summed E-state index contributed by atoms with van der Waals surface area (Å²) < 4.78 is 27.2. The van der Waals surface area contributed by atoms with E-state index in [1.54, 1.807) is 6.07 Å². The van der Waals surface area contributed by atoms with Gasteiger partial charge in [0.05, 0.1) is 6.07 Å². The average Bonchev–Trinajstić information content (AvgIpc) is 2.83. The van der Waals surface area contributed by atoms with Crippen molar-refractivity contribution in [2.45, 2.75) is 96.6 Å². The number of hydrogen-bond donors (Lipinski definition) is 0. The lowest BCUT2D eigenvalue weighted by atomic mass is 9.82. The molecule has 0 spiro atoms. The molecule has 4 heteroatoms. The van der Waals surface area contributed by atoms with Crippen LogP contribution in [0.25, 0.3) is 0 Å². The summed E-state index contributed by atoms with van der Waals surface area (Å²) in [6.45, 7) is 8.10. The van der Waals surface area contributed by atoms with Crippen LogP contribution in [0.1, 0.15) is 81.9 Å². The van der Waals surface area contributed by atoms with Crippen LogP contribution in [0.2, 0.25) is 0 Å². The minimum absolute atomic E-state index is 0.162. The van der Waals surface area contributed by atoms with Crippen LogP contribution in [-0.2, 0) is 13.0 Å². The van der Waals surface area contributed by atoms with Gasteiger partial charge >= 0.3 is 0 Å². The van der Waals surface area contributed by atoms with E-state index in [-0.39, 0.29) is 5.92 Å². The van der Waals surface area contributed by atoms with E-state index in [0.717, 1.165) is 50.8 Å². The summed E-state index contributed by atoms with van der Waals surface area (Å²) in [6.07, 6.45) is 3.36. The van der Waals surface area contributed by atoms with Gasteiger partial charge in [-0.15, -0.1) is 0 Å². The molecule has 3 rings (SSSR count). The van der Waals surface area contributed by atoms with Crippen LogP contribution >= 0.6 is 0 Å². The van der Waals surface area contributed by atoms with Crippen molar-refractivity contribution in [3.8, 4) is 6.07 Å². The number of hydrogen-bond acceptors (Lipinski definition) is 2. The number of alkyl halides is 2. The number of nitriles is 1. The van der Waals surface area contributed by atoms with Gasteiger partial charge in [-0.2, -0.15) is 5.26 Å². The largest absolute Gasteiger partial charge is 0.296 e. The molecule has 2 nitrogen and oxygen atoms in total. The maximum atomic E-state index is 13.8. The van der Waals surface area contributed by atoms with Crippen molar-refractivity contribution in [2.75, 3.05) is 6.54 Å². The topological polar surface area (TPSA) is 27.0 Å². The lowest BCUT2D eigenvalue weighted by molar-refractivity contribution is 0.108. The van der Waals surface area contributed by atoms with Crippen molar-refractivity contribution in [2.24, 2.45) is 0 Å². The minimum Gasteiger partial charge on any atom is -0.296 e. The first kappa shape index (κ1) is 27.0. The molecule has 1 saturated carbocycles. The Morgan fingerprint density at radius 3 is 2.21 bits per heavy atom.